The second kappa shape index (κ2) is 7.45. The van der Waals surface area contributed by atoms with Crippen molar-refractivity contribution in [3.8, 4) is 0 Å². The van der Waals surface area contributed by atoms with Crippen LogP contribution in [0.3, 0.4) is 0 Å². The largest absolute Gasteiger partial charge is 0.338 e. The molecule has 0 bridgehead atoms. The smallest absolute Gasteiger partial charge is 0.321 e. The maximum absolute atomic E-state index is 12.0. The molecular weight excluding hydrogens is 318 g/mol. The molecular formula is C19H21N3OS. The predicted octanol–water partition coefficient (Wildman–Crippen LogP) is 4.67. The molecule has 0 radical (unpaired) electrons. The molecule has 5 heteroatoms. The lowest BCUT2D eigenvalue weighted by molar-refractivity contribution is 0.252. The van der Waals surface area contributed by atoms with Gasteiger partial charge in [-0.3, -0.25) is 5.32 Å². The molecule has 2 N–H and O–H groups in total. The average molecular weight is 339 g/mol. The van der Waals surface area contributed by atoms with E-state index in [0.717, 1.165) is 28.6 Å². The normalized spacial score (nSPS) is 10.8. The van der Waals surface area contributed by atoms with Crippen molar-refractivity contribution in [1.29, 1.82) is 0 Å². The van der Waals surface area contributed by atoms with Crippen molar-refractivity contribution in [3.05, 3.63) is 59.2 Å². The summed E-state index contributed by atoms with van der Waals surface area (Å²) in [6.07, 6.45) is 1.87. The number of aromatic nitrogens is 1. The van der Waals surface area contributed by atoms with E-state index < -0.39 is 0 Å². The van der Waals surface area contributed by atoms with Gasteiger partial charge in [-0.1, -0.05) is 47.7 Å². The summed E-state index contributed by atoms with van der Waals surface area (Å²) in [4.78, 5) is 16.5. The lowest BCUT2D eigenvalue weighted by atomic mass is 10.1. The number of anilines is 1. The molecule has 0 fully saturated rings. The molecule has 2 aromatic carbocycles. The summed E-state index contributed by atoms with van der Waals surface area (Å²) in [5.41, 5.74) is 4.60. The number of nitrogens with one attached hydrogen (secondary N) is 2. The van der Waals surface area contributed by atoms with Gasteiger partial charge in [0.05, 0.1) is 10.2 Å². The van der Waals surface area contributed by atoms with Crippen molar-refractivity contribution in [3.63, 3.8) is 0 Å². The molecule has 0 aliphatic heterocycles. The van der Waals surface area contributed by atoms with Gasteiger partial charge in [0.1, 0.15) is 0 Å². The van der Waals surface area contributed by atoms with E-state index in [2.05, 4.69) is 46.8 Å². The summed E-state index contributed by atoms with van der Waals surface area (Å²) >= 11 is 1.51. The molecule has 0 saturated heterocycles. The molecule has 1 heterocycles. The van der Waals surface area contributed by atoms with Crippen molar-refractivity contribution in [2.24, 2.45) is 0 Å². The van der Waals surface area contributed by atoms with Gasteiger partial charge in [0.25, 0.3) is 0 Å². The standard InChI is InChI=1S/C19H21N3OS/c1-13-11-14(2)17-16(12-13)24-19(21-17)22-18(23)20-10-6-9-15-7-4-3-5-8-15/h3-5,7-8,11-12H,6,9-10H2,1-2H3,(H2,20,21,22,23). The van der Waals surface area contributed by atoms with Gasteiger partial charge in [0.2, 0.25) is 0 Å². The summed E-state index contributed by atoms with van der Waals surface area (Å²) in [7, 11) is 0. The first-order valence-corrected chi connectivity index (χ1v) is 8.90. The van der Waals surface area contributed by atoms with Crippen molar-refractivity contribution in [2.75, 3.05) is 11.9 Å². The lowest BCUT2D eigenvalue weighted by Gasteiger charge is -2.05. The molecule has 0 unspecified atom stereocenters. The van der Waals surface area contributed by atoms with Crippen LogP contribution in [-0.4, -0.2) is 17.6 Å². The number of amides is 2. The molecule has 1 aromatic heterocycles. The zero-order chi connectivity index (χ0) is 16.9. The monoisotopic (exact) mass is 339 g/mol. The van der Waals surface area contributed by atoms with Crippen LogP contribution in [-0.2, 0) is 6.42 Å². The minimum atomic E-state index is -0.198. The van der Waals surface area contributed by atoms with Gasteiger partial charge in [-0.2, -0.15) is 0 Å². The summed E-state index contributed by atoms with van der Waals surface area (Å²) in [5.74, 6) is 0. The minimum absolute atomic E-state index is 0.198. The fourth-order valence-corrected chi connectivity index (χ4v) is 3.74. The Balaban J connectivity index is 1.51. The van der Waals surface area contributed by atoms with E-state index in [4.69, 9.17) is 0 Å². The van der Waals surface area contributed by atoms with Crippen LogP contribution in [0.25, 0.3) is 10.2 Å². The van der Waals surface area contributed by atoms with Gasteiger partial charge in [-0.15, -0.1) is 0 Å². The maximum Gasteiger partial charge on any atom is 0.321 e. The molecule has 0 aliphatic carbocycles. The Morgan fingerprint density at radius 3 is 2.75 bits per heavy atom. The van der Waals surface area contributed by atoms with Gasteiger partial charge in [-0.05, 0) is 49.4 Å². The van der Waals surface area contributed by atoms with Gasteiger partial charge in [0.15, 0.2) is 5.13 Å². The third-order valence-electron chi connectivity index (χ3n) is 3.82. The lowest BCUT2D eigenvalue weighted by Crippen LogP contribution is -2.29. The highest BCUT2D eigenvalue weighted by atomic mass is 32.1. The van der Waals surface area contributed by atoms with Crippen LogP contribution in [0.2, 0.25) is 0 Å². The minimum Gasteiger partial charge on any atom is -0.338 e. The van der Waals surface area contributed by atoms with Gasteiger partial charge < -0.3 is 5.32 Å². The third-order valence-corrected chi connectivity index (χ3v) is 4.74. The van der Waals surface area contributed by atoms with Crippen LogP contribution in [0.4, 0.5) is 9.93 Å². The number of aryl methyl sites for hydroxylation is 3. The number of hydrogen-bond donors (Lipinski definition) is 2. The third kappa shape index (κ3) is 4.11. The first kappa shape index (κ1) is 16.5. The molecule has 3 rings (SSSR count). The number of hydrogen-bond acceptors (Lipinski definition) is 3. The SMILES string of the molecule is Cc1cc(C)c2nc(NC(=O)NCCCc3ccccc3)sc2c1. The first-order chi connectivity index (χ1) is 11.6. The van der Waals surface area contributed by atoms with Crippen LogP contribution in [0.5, 0.6) is 0 Å². The molecule has 3 aromatic rings. The Bertz CT molecular complexity index is 842. The van der Waals surface area contributed by atoms with Crippen molar-refractivity contribution < 1.29 is 4.79 Å². The molecule has 0 saturated carbocycles. The van der Waals surface area contributed by atoms with E-state index in [-0.39, 0.29) is 6.03 Å². The van der Waals surface area contributed by atoms with E-state index in [1.165, 1.54) is 22.5 Å². The van der Waals surface area contributed by atoms with Crippen LogP contribution in [0.1, 0.15) is 23.1 Å². The van der Waals surface area contributed by atoms with E-state index in [0.29, 0.717) is 11.7 Å². The second-order valence-corrected chi connectivity index (χ2v) is 6.95. The van der Waals surface area contributed by atoms with Crippen LogP contribution in [0.15, 0.2) is 42.5 Å². The second-order valence-electron chi connectivity index (χ2n) is 5.92. The Morgan fingerprint density at radius 2 is 1.96 bits per heavy atom. The summed E-state index contributed by atoms with van der Waals surface area (Å²) in [6.45, 7) is 4.75. The molecule has 0 aliphatic rings. The Labute approximate surface area is 145 Å². The molecule has 4 nitrogen and oxygen atoms in total. The molecule has 0 spiro atoms. The molecule has 0 atom stereocenters. The van der Waals surface area contributed by atoms with Crippen LogP contribution in [0, 0.1) is 13.8 Å². The van der Waals surface area contributed by atoms with Crippen molar-refractivity contribution in [2.45, 2.75) is 26.7 Å². The first-order valence-electron chi connectivity index (χ1n) is 8.08. The number of rotatable bonds is 5. The fourth-order valence-electron chi connectivity index (χ4n) is 2.70. The van der Waals surface area contributed by atoms with Crippen LogP contribution >= 0.6 is 11.3 Å². The van der Waals surface area contributed by atoms with Gasteiger partial charge >= 0.3 is 6.03 Å². The zero-order valence-electron chi connectivity index (χ0n) is 13.9. The predicted molar refractivity (Wildman–Crippen MR) is 101 cm³/mol. The number of carbonyl (C=O) groups excluding carboxylic acids is 1. The van der Waals surface area contributed by atoms with Crippen LogP contribution < -0.4 is 10.6 Å². The van der Waals surface area contributed by atoms with E-state index >= 15 is 0 Å². The summed E-state index contributed by atoms with van der Waals surface area (Å²) in [6, 6.07) is 14.3. The average Bonchev–Trinajstić information content (AvgIpc) is 2.95. The Morgan fingerprint density at radius 1 is 1.17 bits per heavy atom. The van der Waals surface area contributed by atoms with Crippen molar-refractivity contribution >= 4 is 32.7 Å². The highest BCUT2D eigenvalue weighted by molar-refractivity contribution is 7.22. The number of fused-ring (bicyclic) bond motifs is 1. The number of urea groups is 1. The van der Waals surface area contributed by atoms with E-state index in [9.17, 15) is 4.79 Å². The Kier molecular flexibility index (Phi) is 5.11. The summed E-state index contributed by atoms with van der Waals surface area (Å²) < 4.78 is 1.10. The zero-order valence-corrected chi connectivity index (χ0v) is 14.7. The fraction of sp³-hybridized carbons (Fsp3) is 0.263. The topological polar surface area (TPSA) is 54.0 Å². The Hall–Kier alpha value is -2.40. The number of thiazole rings is 1. The van der Waals surface area contributed by atoms with Gasteiger partial charge in [0, 0.05) is 6.54 Å². The number of benzene rings is 2. The highest BCUT2D eigenvalue weighted by Crippen LogP contribution is 2.29. The van der Waals surface area contributed by atoms with E-state index in [1.807, 2.05) is 25.1 Å². The molecule has 2 amide bonds. The van der Waals surface area contributed by atoms with Gasteiger partial charge in [-0.25, -0.2) is 9.78 Å². The quantitative estimate of drug-likeness (QED) is 0.664. The molecule has 124 valence electrons. The highest BCUT2D eigenvalue weighted by Gasteiger charge is 2.09. The number of nitrogens with zero attached hydrogens (tertiary/aromatic N) is 1. The van der Waals surface area contributed by atoms with E-state index in [1.54, 1.807) is 0 Å². The number of carbonyl (C=O) groups is 1. The van der Waals surface area contributed by atoms with Crippen molar-refractivity contribution in [1.82, 2.24) is 10.3 Å². The molecule has 24 heavy (non-hydrogen) atoms. The summed E-state index contributed by atoms with van der Waals surface area (Å²) in [5, 5.41) is 6.36. The maximum atomic E-state index is 12.0.